The third kappa shape index (κ3) is 6.22. The standard InChI is InChI=1S/C26H31F3N4O3/c1-17-7-11-30-22(13-17)25(36)9-5-20(6-10-25)32-21-8-12-33(16-21)23(34)15-31-24(35)18-3-2-4-19(14-18)26(27,28)29/h2-4,7,11,13-14,20-21,32,36H,5-6,8-10,12,15-16H2,1H3,(H,31,35). The largest absolute Gasteiger partial charge is 0.416 e. The zero-order chi connectivity index (χ0) is 25.9. The number of halogens is 3. The van der Waals surface area contributed by atoms with Gasteiger partial charge in [-0.05, 0) is 74.9 Å². The highest BCUT2D eigenvalue weighted by molar-refractivity contribution is 5.96. The molecule has 1 aromatic carbocycles. The first-order chi connectivity index (χ1) is 17.0. The van der Waals surface area contributed by atoms with Crippen LogP contribution in [0.3, 0.4) is 0 Å². The van der Waals surface area contributed by atoms with E-state index >= 15 is 0 Å². The number of hydrogen-bond acceptors (Lipinski definition) is 5. The lowest BCUT2D eigenvalue weighted by atomic mass is 9.79. The van der Waals surface area contributed by atoms with Gasteiger partial charge in [0.2, 0.25) is 5.91 Å². The van der Waals surface area contributed by atoms with E-state index in [9.17, 15) is 27.9 Å². The molecule has 194 valence electrons. The number of rotatable bonds is 6. The number of alkyl halides is 3. The van der Waals surface area contributed by atoms with Crippen molar-refractivity contribution in [1.29, 1.82) is 0 Å². The molecule has 3 N–H and O–H groups in total. The second kappa shape index (κ2) is 10.6. The van der Waals surface area contributed by atoms with Gasteiger partial charge in [0.1, 0.15) is 5.60 Å². The molecule has 2 aromatic rings. The Balaban J connectivity index is 1.22. The van der Waals surface area contributed by atoms with Gasteiger partial charge in [0.15, 0.2) is 0 Å². The van der Waals surface area contributed by atoms with Crippen molar-refractivity contribution in [3.63, 3.8) is 0 Å². The Bertz CT molecular complexity index is 1100. The quantitative estimate of drug-likeness (QED) is 0.562. The van der Waals surface area contributed by atoms with Crippen LogP contribution in [0, 0.1) is 6.92 Å². The first-order valence-corrected chi connectivity index (χ1v) is 12.2. The van der Waals surface area contributed by atoms with Crippen molar-refractivity contribution in [2.45, 2.75) is 62.9 Å². The SMILES string of the molecule is Cc1ccnc(C2(O)CCC(NC3CCN(C(=O)CNC(=O)c4cccc(C(F)(F)F)c4)C3)CC2)c1. The summed E-state index contributed by atoms with van der Waals surface area (Å²) in [6.45, 7) is 2.74. The molecule has 2 aliphatic rings. The minimum Gasteiger partial charge on any atom is -0.384 e. The van der Waals surface area contributed by atoms with Gasteiger partial charge in [-0.2, -0.15) is 13.2 Å². The molecule has 2 heterocycles. The van der Waals surface area contributed by atoms with Gasteiger partial charge < -0.3 is 20.6 Å². The van der Waals surface area contributed by atoms with E-state index in [4.69, 9.17) is 0 Å². The zero-order valence-electron chi connectivity index (χ0n) is 20.1. The summed E-state index contributed by atoms with van der Waals surface area (Å²) >= 11 is 0. The van der Waals surface area contributed by atoms with Crippen LogP contribution in [0.25, 0.3) is 0 Å². The second-order valence-electron chi connectivity index (χ2n) is 9.78. The Hall–Kier alpha value is -2.98. The topological polar surface area (TPSA) is 94.6 Å². The average molecular weight is 505 g/mol. The summed E-state index contributed by atoms with van der Waals surface area (Å²) in [7, 11) is 0. The number of amides is 2. The van der Waals surface area contributed by atoms with Gasteiger partial charge in [-0.1, -0.05) is 6.07 Å². The van der Waals surface area contributed by atoms with Gasteiger partial charge in [0.05, 0.1) is 17.8 Å². The van der Waals surface area contributed by atoms with E-state index in [0.29, 0.717) is 31.6 Å². The Morgan fingerprint density at radius 2 is 1.89 bits per heavy atom. The molecule has 0 spiro atoms. The van der Waals surface area contributed by atoms with E-state index in [1.54, 1.807) is 11.1 Å². The Morgan fingerprint density at radius 3 is 2.58 bits per heavy atom. The molecule has 1 aliphatic heterocycles. The number of hydrogen-bond donors (Lipinski definition) is 3. The molecule has 1 saturated heterocycles. The number of benzene rings is 1. The first kappa shape index (κ1) is 26.1. The van der Waals surface area contributed by atoms with Crippen molar-refractivity contribution >= 4 is 11.8 Å². The number of aryl methyl sites for hydroxylation is 1. The maximum Gasteiger partial charge on any atom is 0.416 e. The second-order valence-corrected chi connectivity index (χ2v) is 9.78. The van der Waals surface area contributed by atoms with E-state index in [0.717, 1.165) is 37.0 Å². The van der Waals surface area contributed by atoms with Crippen molar-refractivity contribution in [2.24, 2.45) is 0 Å². The predicted molar refractivity (Wildman–Crippen MR) is 127 cm³/mol. The van der Waals surface area contributed by atoms with Gasteiger partial charge in [-0.15, -0.1) is 0 Å². The molecule has 36 heavy (non-hydrogen) atoms. The van der Waals surface area contributed by atoms with E-state index in [1.807, 2.05) is 19.1 Å². The molecule has 1 aromatic heterocycles. The van der Waals surface area contributed by atoms with Gasteiger partial charge in [-0.3, -0.25) is 14.6 Å². The minimum atomic E-state index is -4.54. The molecule has 0 radical (unpaired) electrons. The van der Waals surface area contributed by atoms with Crippen LogP contribution in [-0.2, 0) is 16.6 Å². The van der Waals surface area contributed by atoms with E-state index < -0.39 is 23.2 Å². The van der Waals surface area contributed by atoms with E-state index in [-0.39, 0.29) is 30.1 Å². The highest BCUT2D eigenvalue weighted by Gasteiger charge is 2.37. The molecular formula is C26H31F3N4O3. The minimum absolute atomic E-state index is 0.112. The number of aromatic nitrogens is 1. The van der Waals surface area contributed by atoms with Crippen LogP contribution in [0.15, 0.2) is 42.6 Å². The zero-order valence-corrected chi connectivity index (χ0v) is 20.1. The fraction of sp³-hybridized carbons (Fsp3) is 0.500. The number of carbonyl (C=O) groups excluding carboxylic acids is 2. The van der Waals surface area contributed by atoms with Crippen molar-refractivity contribution < 1.29 is 27.9 Å². The molecule has 7 nitrogen and oxygen atoms in total. The average Bonchev–Trinajstić information content (AvgIpc) is 3.32. The summed E-state index contributed by atoms with van der Waals surface area (Å²) in [6, 6.07) is 8.30. The molecule has 1 aliphatic carbocycles. The maximum atomic E-state index is 12.9. The number of aliphatic hydroxyl groups is 1. The van der Waals surface area contributed by atoms with Gasteiger partial charge in [-0.25, -0.2) is 0 Å². The van der Waals surface area contributed by atoms with Crippen LogP contribution in [0.5, 0.6) is 0 Å². The molecular weight excluding hydrogens is 473 g/mol. The third-order valence-electron chi connectivity index (χ3n) is 7.07. The number of nitrogens with zero attached hydrogens (tertiary/aromatic N) is 2. The normalized spacial score (nSPS) is 24.5. The Kier molecular flexibility index (Phi) is 7.65. The fourth-order valence-corrected chi connectivity index (χ4v) is 4.97. The van der Waals surface area contributed by atoms with Crippen molar-refractivity contribution in [3.05, 3.63) is 65.0 Å². The first-order valence-electron chi connectivity index (χ1n) is 12.2. The van der Waals surface area contributed by atoms with Crippen LogP contribution in [0.4, 0.5) is 13.2 Å². The van der Waals surface area contributed by atoms with Gasteiger partial charge in [0.25, 0.3) is 5.91 Å². The number of nitrogens with one attached hydrogen (secondary N) is 2. The van der Waals surface area contributed by atoms with Crippen LogP contribution in [-0.4, -0.2) is 58.5 Å². The molecule has 1 atom stereocenters. The molecule has 1 unspecified atom stereocenters. The fourth-order valence-electron chi connectivity index (χ4n) is 4.97. The summed E-state index contributed by atoms with van der Waals surface area (Å²) in [5, 5.41) is 17.1. The van der Waals surface area contributed by atoms with Crippen LogP contribution >= 0.6 is 0 Å². The smallest absolute Gasteiger partial charge is 0.384 e. The molecule has 0 bridgehead atoms. The number of pyridine rings is 1. The summed E-state index contributed by atoms with van der Waals surface area (Å²) in [4.78, 5) is 30.9. The summed E-state index contributed by atoms with van der Waals surface area (Å²) in [5.74, 6) is -0.996. The molecule has 4 rings (SSSR count). The highest BCUT2D eigenvalue weighted by Crippen LogP contribution is 2.36. The van der Waals surface area contributed by atoms with Crippen LogP contribution in [0.1, 0.15) is 59.3 Å². The lowest BCUT2D eigenvalue weighted by Gasteiger charge is -2.37. The lowest BCUT2D eigenvalue weighted by molar-refractivity contribution is -0.137. The summed E-state index contributed by atoms with van der Waals surface area (Å²) < 4.78 is 38.6. The maximum absolute atomic E-state index is 12.9. The predicted octanol–water partition coefficient (Wildman–Crippen LogP) is 3.16. The number of likely N-dealkylation sites (tertiary alicyclic amines) is 1. The summed E-state index contributed by atoms with van der Waals surface area (Å²) in [6.07, 6.45) is 0.758. The molecule has 1 saturated carbocycles. The van der Waals surface area contributed by atoms with E-state index in [2.05, 4.69) is 15.6 Å². The van der Waals surface area contributed by atoms with Crippen molar-refractivity contribution in [2.75, 3.05) is 19.6 Å². The van der Waals surface area contributed by atoms with Gasteiger partial charge >= 0.3 is 6.18 Å². The molecule has 2 amide bonds. The Labute approximate surface area is 208 Å². The van der Waals surface area contributed by atoms with E-state index in [1.165, 1.54) is 12.1 Å². The van der Waals surface area contributed by atoms with Gasteiger partial charge in [0, 0.05) is 36.9 Å². The number of carbonyl (C=O) groups is 2. The van der Waals surface area contributed by atoms with Crippen molar-refractivity contribution in [1.82, 2.24) is 20.5 Å². The Morgan fingerprint density at radius 1 is 1.14 bits per heavy atom. The monoisotopic (exact) mass is 504 g/mol. The van der Waals surface area contributed by atoms with Crippen LogP contribution in [0.2, 0.25) is 0 Å². The third-order valence-corrected chi connectivity index (χ3v) is 7.07. The highest BCUT2D eigenvalue weighted by atomic mass is 19.4. The van der Waals surface area contributed by atoms with Crippen molar-refractivity contribution in [3.8, 4) is 0 Å². The lowest BCUT2D eigenvalue weighted by Crippen LogP contribution is -2.46. The van der Waals surface area contributed by atoms with Crippen LogP contribution < -0.4 is 10.6 Å². The molecule has 2 fully saturated rings. The summed E-state index contributed by atoms with van der Waals surface area (Å²) in [5.41, 5.74) is -0.191. The molecule has 10 heteroatoms.